The van der Waals surface area contributed by atoms with Gasteiger partial charge in [-0.05, 0) is 37.5 Å². The molecule has 1 fully saturated rings. The van der Waals surface area contributed by atoms with Crippen LogP contribution >= 0.6 is 11.6 Å². The smallest absolute Gasteiger partial charge is 0.230 e. The largest absolute Gasteiger partial charge is 0.392 e. The summed E-state index contributed by atoms with van der Waals surface area (Å²) in [6.45, 7) is 1.95. The standard InChI is InChI=1S/C14H18ClNO2/c1-10(17)9-16-13(18)14(6-3-7-14)11-4-2-5-12(15)8-11/h2,4-5,8,10,17H,3,6-7,9H2,1H3,(H,16,18)/t10-/m1/s1. The van der Waals surface area contributed by atoms with Gasteiger partial charge in [0, 0.05) is 11.6 Å². The van der Waals surface area contributed by atoms with Crippen molar-refractivity contribution in [1.82, 2.24) is 5.32 Å². The van der Waals surface area contributed by atoms with Crippen molar-refractivity contribution in [1.29, 1.82) is 0 Å². The second-order valence-corrected chi connectivity index (χ2v) is 5.44. The molecule has 0 aliphatic heterocycles. The average molecular weight is 268 g/mol. The van der Waals surface area contributed by atoms with Crippen LogP contribution in [0.4, 0.5) is 0 Å². The van der Waals surface area contributed by atoms with Crippen molar-refractivity contribution >= 4 is 17.5 Å². The lowest BCUT2D eigenvalue weighted by atomic mass is 9.64. The molecule has 0 unspecified atom stereocenters. The van der Waals surface area contributed by atoms with Crippen LogP contribution in [0.1, 0.15) is 31.7 Å². The van der Waals surface area contributed by atoms with Crippen LogP contribution in [0.5, 0.6) is 0 Å². The molecule has 1 aliphatic carbocycles. The third-order valence-corrected chi connectivity index (χ3v) is 3.81. The van der Waals surface area contributed by atoms with Gasteiger partial charge in [0.2, 0.25) is 5.91 Å². The summed E-state index contributed by atoms with van der Waals surface area (Å²) in [5.41, 5.74) is 0.532. The number of aliphatic hydroxyl groups is 1. The molecule has 1 aliphatic rings. The number of carbonyl (C=O) groups is 1. The van der Waals surface area contributed by atoms with E-state index in [0.29, 0.717) is 11.6 Å². The van der Waals surface area contributed by atoms with E-state index >= 15 is 0 Å². The summed E-state index contributed by atoms with van der Waals surface area (Å²) < 4.78 is 0. The number of benzene rings is 1. The predicted molar refractivity (Wildman–Crippen MR) is 71.7 cm³/mol. The van der Waals surface area contributed by atoms with Gasteiger partial charge in [0.05, 0.1) is 11.5 Å². The van der Waals surface area contributed by atoms with E-state index in [1.54, 1.807) is 6.92 Å². The maximum absolute atomic E-state index is 12.3. The molecule has 0 radical (unpaired) electrons. The van der Waals surface area contributed by atoms with E-state index < -0.39 is 11.5 Å². The fourth-order valence-electron chi connectivity index (χ4n) is 2.37. The quantitative estimate of drug-likeness (QED) is 0.879. The first-order valence-corrected chi connectivity index (χ1v) is 6.65. The Bertz CT molecular complexity index is 441. The molecule has 3 nitrogen and oxygen atoms in total. The van der Waals surface area contributed by atoms with Crippen molar-refractivity contribution in [3.8, 4) is 0 Å². The molecule has 18 heavy (non-hydrogen) atoms. The van der Waals surface area contributed by atoms with E-state index in [0.717, 1.165) is 24.8 Å². The van der Waals surface area contributed by atoms with Crippen molar-refractivity contribution in [2.45, 2.75) is 37.7 Å². The molecule has 4 heteroatoms. The number of hydrogen-bond donors (Lipinski definition) is 2. The lowest BCUT2D eigenvalue weighted by Gasteiger charge is -2.41. The molecular weight excluding hydrogens is 250 g/mol. The van der Waals surface area contributed by atoms with E-state index in [2.05, 4.69) is 5.32 Å². The van der Waals surface area contributed by atoms with Gasteiger partial charge in [-0.2, -0.15) is 0 Å². The minimum atomic E-state index is -0.523. The van der Waals surface area contributed by atoms with Gasteiger partial charge in [-0.25, -0.2) is 0 Å². The molecule has 1 aromatic rings. The van der Waals surface area contributed by atoms with Crippen LogP contribution in [-0.4, -0.2) is 23.7 Å². The normalized spacial score (nSPS) is 18.8. The van der Waals surface area contributed by atoms with Crippen molar-refractivity contribution in [2.24, 2.45) is 0 Å². The highest BCUT2D eigenvalue weighted by molar-refractivity contribution is 6.30. The lowest BCUT2D eigenvalue weighted by molar-refractivity contribution is -0.130. The van der Waals surface area contributed by atoms with Gasteiger partial charge >= 0.3 is 0 Å². The van der Waals surface area contributed by atoms with Crippen molar-refractivity contribution < 1.29 is 9.90 Å². The minimum absolute atomic E-state index is 0.00285. The molecule has 0 saturated heterocycles. The summed E-state index contributed by atoms with van der Waals surface area (Å²) in [6, 6.07) is 7.50. The first-order valence-electron chi connectivity index (χ1n) is 6.27. The van der Waals surface area contributed by atoms with Crippen LogP contribution in [0, 0.1) is 0 Å². The van der Waals surface area contributed by atoms with Gasteiger partial charge in [0.1, 0.15) is 0 Å². The average Bonchev–Trinajstić information content (AvgIpc) is 2.25. The van der Waals surface area contributed by atoms with Crippen LogP contribution in [-0.2, 0) is 10.2 Å². The maximum atomic E-state index is 12.3. The van der Waals surface area contributed by atoms with Crippen LogP contribution in [0.25, 0.3) is 0 Å². The van der Waals surface area contributed by atoms with Crippen LogP contribution in [0.2, 0.25) is 5.02 Å². The number of nitrogens with one attached hydrogen (secondary N) is 1. The van der Waals surface area contributed by atoms with Gasteiger partial charge in [0.15, 0.2) is 0 Å². The Labute approximate surface area is 112 Å². The second kappa shape index (κ2) is 5.29. The Kier molecular flexibility index (Phi) is 3.93. The number of rotatable bonds is 4. The summed E-state index contributed by atoms with van der Waals surface area (Å²) in [5.74, 6) is -0.00285. The van der Waals surface area contributed by atoms with Gasteiger partial charge in [0.25, 0.3) is 0 Å². The van der Waals surface area contributed by atoms with Gasteiger partial charge in [-0.3, -0.25) is 4.79 Å². The number of hydrogen-bond acceptors (Lipinski definition) is 2. The zero-order chi connectivity index (χ0) is 13.2. The summed E-state index contributed by atoms with van der Waals surface area (Å²) in [6.07, 6.45) is 2.22. The van der Waals surface area contributed by atoms with E-state index in [-0.39, 0.29) is 5.91 Å². The number of amides is 1. The fourth-order valence-corrected chi connectivity index (χ4v) is 2.56. The molecule has 98 valence electrons. The molecule has 0 spiro atoms. The molecule has 1 aromatic carbocycles. The third-order valence-electron chi connectivity index (χ3n) is 3.58. The zero-order valence-corrected chi connectivity index (χ0v) is 11.2. The molecule has 2 N–H and O–H groups in total. The second-order valence-electron chi connectivity index (χ2n) is 5.01. The first kappa shape index (κ1) is 13.4. The summed E-state index contributed by atoms with van der Waals surface area (Å²) in [7, 11) is 0. The summed E-state index contributed by atoms with van der Waals surface area (Å²) in [4.78, 5) is 12.3. The van der Waals surface area contributed by atoms with Crippen LogP contribution < -0.4 is 5.32 Å². The number of carbonyl (C=O) groups excluding carboxylic acids is 1. The Morgan fingerprint density at radius 2 is 2.28 bits per heavy atom. The monoisotopic (exact) mass is 267 g/mol. The highest BCUT2D eigenvalue weighted by Crippen LogP contribution is 2.44. The molecule has 2 rings (SSSR count). The number of aliphatic hydroxyl groups excluding tert-OH is 1. The third kappa shape index (κ3) is 2.52. The Hall–Kier alpha value is -1.06. The first-order chi connectivity index (χ1) is 8.54. The topological polar surface area (TPSA) is 49.3 Å². The summed E-state index contributed by atoms with van der Waals surface area (Å²) >= 11 is 5.99. The molecular formula is C14H18ClNO2. The summed E-state index contributed by atoms with van der Waals surface area (Å²) in [5, 5.41) is 12.7. The SMILES string of the molecule is C[C@@H](O)CNC(=O)C1(c2cccc(Cl)c2)CCC1. The molecule has 0 aromatic heterocycles. The van der Waals surface area contributed by atoms with E-state index in [4.69, 9.17) is 11.6 Å². The Morgan fingerprint density at radius 1 is 1.56 bits per heavy atom. The zero-order valence-electron chi connectivity index (χ0n) is 10.4. The van der Waals surface area contributed by atoms with Crippen molar-refractivity contribution in [3.05, 3.63) is 34.9 Å². The van der Waals surface area contributed by atoms with Gasteiger partial charge < -0.3 is 10.4 Å². The fraction of sp³-hybridized carbons (Fsp3) is 0.500. The van der Waals surface area contributed by atoms with Crippen molar-refractivity contribution in [2.75, 3.05) is 6.54 Å². The van der Waals surface area contributed by atoms with E-state index in [1.165, 1.54) is 0 Å². The van der Waals surface area contributed by atoms with Crippen molar-refractivity contribution in [3.63, 3.8) is 0 Å². The molecule has 1 atom stereocenters. The van der Waals surface area contributed by atoms with Gasteiger partial charge in [-0.15, -0.1) is 0 Å². The Morgan fingerprint density at radius 3 is 2.78 bits per heavy atom. The van der Waals surface area contributed by atoms with E-state index in [9.17, 15) is 9.90 Å². The number of halogens is 1. The van der Waals surface area contributed by atoms with Crippen LogP contribution in [0.15, 0.2) is 24.3 Å². The molecule has 0 heterocycles. The predicted octanol–water partition coefficient (Wildman–Crippen LogP) is 2.26. The van der Waals surface area contributed by atoms with E-state index in [1.807, 2.05) is 24.3 Å². The highest BCUT2D eigenvalue weighted by atomic mass is 35.5. The lowest BCUT2D eigenvalue weighted by Crippen LogP contribution is -2.50. The maximum Gasteiger partial charge on any atom is 0.230 e. The molecule has 1 amide bonds. The highest BCUT2D eigenvalue weighted by Gasteiger charge is 2.45. The minimum Gasteiger partial charge on any atom is -0.392 e. The Balaban J connectivity index is 2.18. The molecule has 1 saturated carbocycles. The molecule has 0 bridgehead atoms. The van der Waals surface area contributed by atoms with Gasteiger partial charge in [-0.1, -0.05) is 30.2 Å². The van der Waals surface area contributed by atoms with Crippen LogP contribution in [0.3, 0.4) is 0 Å².